The van der Waals surface area contributed by atoms with Gasteiger partial charge in [-0.1, -0.05) is 11.2 Å². The number of Topliss-reactive ketones (excluding diaryl/α,β-unsaturated/α-hetero) is 1. The van der Waals surface area contributed by atoms with Crippen molar-refractivity contribution in [3.63, 3.8) is 0 Å². The minimum Gasteiger partial charge on any atom is -0.396 e. The third-order valence-corrected chi connectivity index (χ3v) is 1.81. The van der Waals surface area contributed by atoms with E-state index in [1.807, 2.05) is 0 Å². The third kappa shape index (κ3) is 6.23. The van der Waals surface area contributed by atoms with E-state index < -0.39 is 0 Å². The molecule has 54 valence electrons. The first-order chi connectivity index (χ1) is 4.31. The van der Waals surface area contributed by atoms with Gasteiger partial charge in [-0.15, -0.1) is 0 Å². The summed E-state index contributed by atoms with van der Waals surface area (Å²) in [5.41, 5.74) is 0. The van der Waals surface area contributed by atoms with Gasteiger partial charge in [0.15, 0.2) is 0 Å². The van der Waals surface area contributed by atoms with Crippen LogP contribution in [-0.4, -0.2) is 23.7 Å². The van der Waals surface area contributed by atoms with Crippen LogP contribution in [0, 0.1) is 0 Å². The van der Waals surface area contributed by atoms with E-state index in [-0.39, 0.29) is 20.3 Å². The fraction of sp³-hybridized carbons (Fsp3) is 0.800. The zero-order valence-corrected chi connectivity index (χ0v) is 6.82. The number of halogens is 1. The number of hydrogen-bond donors (Lipinski definition) is 1. The summed E-state index contributed by atoms with van der Waals surface area (Å²) in [5, 5.41) is 8.30. The van der Waals surface area contributed by atoms with Gasteiger partial charge in [0.05, 0.1) is 0 Å². The second kappa shape index (κ2) is 6.47. The van der Waals surface area contributed by atoms with Gasteiger partial charge in [0.2, 0.25) is 0 Å². The van der Waals surface area contributed by atoms with Crippen LogP contribution in [-0.2, 0) is 4.79 Å². The van der Waals surface area contributed by atoms with Gasteiger partial charge >= 0.3 is 0 Å². The first-order valence-electron chi connectivity index (χ1n) is 2.77. The Bertz CT molecular complexity index is 87.0. The number of ketones is 1. The molecule has 1 unspecified atom stereocenters. The van der Waals surface area contributed by atoms with Gasteiger partial charge < -0.3 is 5.11 Å². The van der Waals surface area contributed by atoms with Crippen molar-refractivity contribution in [3.05, 3.63) is 0 Å². The highest BCUT2D eigenvalue weighted by molar-refractivity contribution is 7.69. The molecule has 1 atom stereocenters. The predicted octanol–water partition coefficient (Wildman–Crippen LogP) is 1.16. The van der Waals surface area contributed by atoms with Crippen molar-refractivity contribution in [3.8, 4) is 0 Å². The van der Waals surface area contributed by atoms with Gasteiger partial charge in [-0.2, -0.15) is 0 Å². The van der Waals surface area contributed by atoms with Crippen LogP contribution in [0.25, 0.3) is 0 Å². The second-order valence-electron chi connectivity index (χ2n) is 1.68. The first kappa shape index (κ1) is 9.35. The molecule has 0 aromatic carbocycles. The summed E-state index contributed by atoms with van der Waals surface area (Å²) < 4.78 is 0. The van der Waals surface area contributed by atoms with E-state index in [9.17, 15) is 4.79 Å². The molecular weight excluding hydrogens is 158 g/mol. The Morgan fingerprint density at radius 2 is 2.33 bits per heavy atom. The van der Waals surface area contributed by atoms with Crippen LogP contribution in [0.5, 0.6) is 0 Å². The topological polar surface area (TPSA) is 37.3 Å². The number of rotatable bonds is 5. The van der Waals surface area contributed by atoms with Crippen molar-refractivity contribution in [1.82, 2.24) is 0 Å². The van der Waals surface area contributed by atoms with Gasteiger partial charge in [0, 0.05) is 19.2 Å². The summed E-state index contributed by atoms with van der Waals surface area (Å²) in [6, 6.07) is 0. The molecule has 0 aliphatic carbocycles. The Balaban J connectivity index is 3.06. The third-order valence-electron chi connectivity index (χ3n) is 0.878. The smallest absolute Gasteiger partial charge is 0.138 e. The molecule has 0 aliphatic heterocycles. The molecule has 0 saturated heterocycles. The van der Waals surface area contributed by atoms with E-state index in [1.54, 1.807) is 0 Å². The Hall–Kier alpha value is 0.350. The molecule has 0 radical (unpaired) electrons. The first-order valence-corrected chi connectivity index (χ1v) is 4.99. The Labute approximate surface area is 61.2 Å². The van der Waals surface area contributed by atoms with Gasteiger partial charge in [0.25, 0.3) is 0 Å². The quantitative estimate of drug-likeness (QED) is 0.626. The van der Waals surface area contributed by atoms with Crippen LogP contribution in [0.4, 0.5) is 0 Å². The maximum atomic E-state index is 10.6. The van der Waals surface area contributed by atoms with Crippen LogP contribution < -0.4 is 0 Å². The largest absolute Gasteiger partial charge is 0.396 e. The van der Waals surface area contributed by atoms with E-state index in [1.165, 1.54) is 0 Å². The summed E-state index contributed by atoms with van der Waals surface area (Å²) in [7, 11) is 0.190. The molecule has 0 aromatic rings. The maximum Gasteiger partial charge on any atom is 0.138 e. The number of hydrogen-bond acceptors (Lipinski definition) is 2. The molecule has 0 amide bonds. The SMILES string of the molecule is O=C(CCCO)CPCl. The second-order valence-corrected chi connectivity index (χ2v) is 3.10. The minimum absolute atomic E-state index is 0.0944. The predicted molar refractivity (Wildman–Crippen MR) is 40.4 cm³/mol. The van der Waals surface area contributed by atoms with Crippen molar-refractivity contribution in [2.24, 2.45) is 0 Å². The molecule has 0 spiro atoms. The molecule has 4 heteroatoms. The zero-order chi connectivity index (χ0) is 7.11. The van der Waals surface area contributed by atoms with E-state index in [2.05, 4.69) is 0 Å². The molecule has 0 rings (SSSR count). The summed E-state index contributed by atoms with van der Waals surface area (Å²) in [6.45, 7) is 0.0944. The monoisotopic (exact) mass is 168 g/mol. The van der Waals surface area contributed by atoms with Crippen molar-refractivity contribution in [2.75, 3.05) is 12.8 Å². The van der Waals surface area contributed by atoms with Crippen molar-refractivity contribution in [2.45, 2.75) is 12.8 Å². The van der Waals surface area contributed by atoms with Crippen molar-refractivity contribution in [1.29, 1.82) is 0 Å². The van der Waals surface area contributed by atoms with Crippen LogP contribution in [0.1, 0.15) is 12.8 Å². The molecule has 0 bridgehead atoms. The molecule has 0 aromatic heterocycles. The summed E-state index contributed by atoms with van der Waals surface area (Å²) in [5.74, 6) is 0.150. The average molecular weight is 169 g/mol. The van der Waals surface area contributed by atoms with E-state index in [4.69, 9.17) is 16.3 Å². The lowest BCUT2D eigenvalue weighted by Gasteiger charge is -1.93. The zero-order valence-electron chi connectivity index (χ0n) is 5.06. The van der Waals surface area contributed by atoms with Gasteiger partial charge in [0.1, 0.15) is 5.78 Å². The van der Waals surface area contributed by atoms with E-state index >= 15 is 0 Å². The standard InChI is InChI=1S/C5H10ClO2P/c6-9-4-5(8)2-1-3-7/h7,9H,1-4H2. The fourth-order valence-corrected chi connectivity index (χ4v) is 1.21. The lowest BCUT2D eigenvalue weighted by atomic mass is 10.2. The number of aliphatic hydroxyl groups is 1. The van der Waals surface area contributed by atoms with Gasteiger partial charge in [-0.25, -0.2) is 0 Å². The van der Waals surface area contributed by atoms with E-state index in [0.29, 0.717) is 19.0 Å². The molecule has 1 N–H and O–H groups in total. The Morgan fingerprint density at radius 1 is 1.67 bits per heavy atom. The highest BCUT2D eigenvalue weighted by atomic mass is 35.7. The summed E-state index contributed by atoms with van der Waals surface area (Å²) in [6.07, 6.45) is 1.50. The lowest BCUT2D eigenvalue weighted by Crippen LogP contribution is -1.99. The van der Waals surface area contributed by atoms with Gasteiger partial charge in [-0.3, -0.25) is 4.79 Å². The summed E-state index contributed by atoms with van der Waals surface area (Å²) in [4.78, 5) is 10.6. The normalized spacial score (nSPS) is 10.9. The number of aliphatic hydroxyl groups excluding tert-OH is 1. The van der Waals surface area contributed by atoms with Gasteiger partial charge in [-0.05, 0) is 14.4 Å². The molecule has 0 fully saturated rings. The van der Waals surface area contributed by atoms with Crippen molar-refractivity contribution >= 4 is 25.0 Å². The highest BCUT2D eigenvalue weighted by Crippen LogP contribution is 2.15. The lowest BCUT2D eigenvalue weighted by molar-refractivity contribution is -0.116. The number of carbonyl (C=O) groups is 1. The molecule has 0 saturated carbocycles. The van der Waals surface area contributed by atoms with Crippen LogP contribution >= 0.6 is 19.2 Å². The van der Waals surface area contributed by atoms with Crippen LogP contribution in [0.15, 0.2) is 0 Å². The molecule has 2 nitrogen and oxygen atoms in total. The minimum atomic E-state index is 0.0944. The average Bonchev–Trinajstić information content (AvgIpc) is 1.85. The van der Waals surface area contributed by atoms with E-state index in [0.717, 1.165) is 0 Å². The summed E-state index contributed by atoms with van der Waals surface area (Å²) >= 11 is 5.32. The Morgan fingerprint density at radius 3 is 2.78 bits per heavy atom. The molecule has 0 heterocycles. The molecule has 9 heavy (non-hydrogen) atoms. The van der Waals surface area contributed by atoms with Crippen LogP contribution in [0.2, 0.25) is 0 Å². The molecular formula is C5H10ClO2P. The van der Waals surface area contributed by atoms with Crippen molar-refractivity contribution < 1.29 is 9.90 Å². The molecule has 0 aliphatic rings. The fourth-order valence-electron chi connectivity index (χ4n) is 0.439. The highest BCUT2D eigenvalue weighted by Gasteiger charge is 1.98. The number of carbonyl (C=O) groups excluding carboxylic acids is 1. The Kier molecular flexibility index (Phi) is 6.72. The maximum absolute atomic E-state index is 10.6. The van der Waals surface area contributed by atoms with Crippen LogP contribution in [0.3, 0.4) is 0 Å².